The summed E-state index contributed by atoms with van der Waals surface area (Å²) in [6.45, 7) is 0. The average molecular weight is 1010 g/mol. The van der Waals surface area contributed by atoms with Crippen LogP contribution in [-0.4, -0.2) is 65.6 Å². The molecule has 5 heterocycles. The van der Waals surface area contributed by atoms with Crippen molar-refractivity contribution in [2.45, 2.75) is 10.8 Å². The van der Waals surface area contributed by atoms with Crippen LogP contribution in [-0.2, 0) is 27.9 Å². The van der Waals surface area contributed by atoms with E-state index in [1.54, 1.807) is 42.7 Å². The van der Waals surface area contributed by atoms with Gasteiger partial charge in [-0.3, -0.25) is 19.6 Å². The molecule has 6 aromatic carbocycles. The Morgan fingerprint density at radius 3 is 1.16 bits per heavy atom. The van der Waals surface area contributed by atoms with Crippen molar-refractivity contribution >= 4 is 55.7 Å². The Kier molecular flexibility index (Phi) is 10.4. The fraction of sp³-hybridized carbons (Fsp3) is 0.133. The molecule has 1 radical (unpaired) electrons. The summed E-state index contributed by atoms with van der Waals surface area (Å²) in [6, 6.07) is 38.6. The number of nitrogens with zero attached hydrogens (tertiary/aromatic N) is 4. The Morgan fingerprint density at radius 1 is 0.438 bits per heavy atom. The summed E-state index contributed by atoms with van der Waals surface area (Å²) in [6.07, 6.45) is 7.63. The van der Waals surface area contributed by atoms with Crippen LogP contribution in [0.1, 0.15) is 65.7 Å². The number of benzene rings is 6. The predicted molar refractivity (Wildman–Crippen MR) is 275 cm³/mol. The minimum Gasteiger partial charge on any atom is -0.659 e. The van der Waals surface area contributed by atoms with E-state index in [0.717, 1.165) is 32.7 Å². The molecule has 12 nitrogen and oxygen atoms in total. The molecule has 2 aliphatic carbocycles. The quantitative estimate of drug-likeness (QED) is 0.135. The summed E-state index contributed by atoms with van der Waals surface area (Å²) in [7, 11) is 9.38. The van der Waals surface area contributed by atoms with Crippen LogP contribution in [0, 0.1) is 0 Å². The van der Waals surface area contributed by atoms with Crippen LogP contribution >= 0.6 is 0 Å². The molecule has 13 heteroatoms. The molecule has 2 spiro atoms. The molecule has 3 aliphatic heterocycles. The molecular weight excluding hydrogens is 968 g/mol. The number of carbonyl (C=O) groups is 2. The van der Waals surface area contributed by atoms with Gasteiger partial charge in [0.25, 0.3) is 0 Å². The molecule has 2 aromatic heterocycles. The van der Waals surface area contributed by atoms with Crippen LogP contribution in [0.25, 0.3) is 32.7 Å². The van der Waals surface area contributed by atoms with E-state index in [2.05, 4.69) is 0 Å². The Labute approximate surface area is 429 Å². The number of ketones is 2. The van der Waals surface area contributed by atoms with Crippen LogP contribution in [0.4, 0.5) is 0 Å². The third-order valence-electron chi connectivity index (χ3n) is 14.8. The second-order valence-electron chi connectivity index (χ2n) is 18.0. The SMILES string of the molecule is COc1cc(/C2=C3\C=CC(=N3)[C@]3(C(=O)c4cccc5cccc3c45)c3ccc([n-]3)/C(c3cc(OC)c(OC)c(OC)c3)=C3/C=CC(=N3)[C@@]3(C(=O)c4cccc5cccc3c45)c3ccc2[n-]3)cc(OC)c1OC.[Cu+2]. The van der Waals surface area contributed by atoms with Gasteiger partial charge in [0.05, 0.1) is 65.5 Å². The van der Waals surface area contributed by atoms with Crippen molar-refractivity contribution in [2.24, 2.45) is 9.98 Å². The van der Waals surface area contributed by atoms with E-state index in [1.165, 1.54) is 0 Å². The first-order chi connectivity index (χ1) is 35.2. The molecule has 0 fully saturated rings. The number of allylic oxidation sites excluding steroid dienone is 4. The summed E-state index contributed by atoms with van der Waals surface area (Å²) in [5.74, 6) is 2.16. The Bertz CT molecular complexity index is 3650. The van der Waals surface area contributed by atoms with Crippen LogP contribution in [0.3, 0.4) is 0 Å². The van der Waals surface area contributed by atoms with Crippen molar-refractivity contribution in [3.63, 3.8) is 0 Å². The number of carbonyl (C=O) groups excluding carboxylic acids is 2. The maximum Gasteiger partial charge on any atom is 2.00 e. The predicted octanol–water partition coefficient (Wildman–Crippen LogP) is 10.2. The molecule has 5 aliphatic rings. The molecule has 0 unspecified atom stereocenters. The van der Waals surface area contributed by atoms with Crippen molar-refractivity contribution < 1.29 is 55.1 Å². The number of fused-ring (bicyclic) bond motifs is 12. The number of methoxy groups -OCH3 is 6. The molecule has 73 heavy (non-hydrogen) atoms. The topological polar surface area (TPSA) is 142 Å². The van der Waals surface area contributed by atoms with Gasteiger partial charge in [-0.25, -0.2) is 0 Å². The maximum absolute atomic E-state index is 15.8. The Balaban J connectivity index is 0.00000543. The third-order valence-corrected chi connectivity index (χ3v) is 14.8. The molecule has 8 aromatic rings. The molecule has 361 valence electrons. The Morgan fingerprint density at radius 2 is 0.808 bits per heavy atom. The number of hydrogen-bond acceptors (Lipinski definition) is 10. The minimum atomic E-state index is -1.50. The molecule has 0 saturated carbocycles. The number of aromatic nitrogens is 2. The van der Waals surface area contributed by atoms with Gasteiger partial charge in [0.1, 0.15) is 10.8 Å². The molecule has 0 N–H and O–H groups in total. The summed E-state index contributed by atoms with van der Waals surface area (Å²) < 4.78 is 35.2. The zero-order valence-electron chi connectivity index (χ0n) is 40.2. The first-order valence-electron chi connectivity index (χ1n) is 23.3. The van der Waals surface area contributed by atoms with E-state index in [1.807, 2.05) is 146 Å². The van der Waals surface area contributed by atoms with Crippen molar-refractivity contribution in [1.82, 2.24) is 9.97 Å². The van der Waals surface area contributed by atoms with E-state index < -0.39 is 10.8 Å². The van der Waals surface area contributed by atoms with Crippen molar-refractivity contribution in [3.8, 4) is 34.5 Å². The standard InChI is InChI=1S/C60H42N4O8.Cu/c1-67-43-27-33(28-44(68-2)55(43)71-5)53-39-19-23-47(61-39)59(37-17-9-13-31-11-7-15-35(51(31)37)57(59)65)49-25-21-41(63-49)54(34-29-45(69-3)56(72-6)46(30-34)70-4)42-22-26-50(64-42)60(48-24-20-40(53)62-48)38-18-10-14-32-12-8-16-36(52(32)38)58(60)66;/h7-30H,1-6H3;/q-2;+2/t59-,60-;. The molecule has 0 saturated heterocycles. The number of aliphatic imine (C=N–C) groups is 2. The van der Waals surface area contributed by atoms with Crippen LogP contribution in [0.5, 0.6) is 34.5 Å². The van der Waals surface area contributed by atoms with E-state index >= 15 is 9.59 Å². The fourth-order valence-corrected chi connectivity index (χ4v) is 11.8. The van der Waals surface area contributed by atoms with Gasteiger partial charge in [0.15, 0.2) is 34.6 Å². The largest absolute Gasteiger partial charge is 2.00 e. The second kappa shape index (κ2) is 16.7. The first-order valence-corrected chi connectivity index (χ1v) is 23.3. The fourth-order valence-electron chi connectivity index (χ4n) is 11.8. The van der Waals surface area contributed by atoms with Crippen molar-refractivity contribution in [1.29, 1.82) is 0 Å². The zero-order chi connectivity index (χ0) is 49.2. The summed E-state index contributed by atoms with van der Waals surface area (Å²) >= 11 is 0. The van der Waals surface area contributed by atoms with E-state index in [9.17, 15) is 0 Å². The first kappa shape index (κ1) is 45.5. The monoisotopic (exact) mass is 1010 g/mol. The van der Waals surface area contributed by atoms with E-state index in [-0.39, 0.29) is 28.6 Å². The van der Waals surface area contributed by atoms with E-state index in [0.29, 0.717) is 113 Å². The smallest absolute Gasteiger partial charge is 0.659 e. The average Bonchev–Trinajstić information content (AvgIpc) is 4.31. The maximum atomic E-state index is 15.8. The van der Waals surface area contributed by atoms with Gasteiger partial charge in [-0.15, -0.1) is 22.8 Å². The van der Waals surface area contributed by atoms with Crippen LogP contribution in [0.15, 0.2) is 167 Å². The molecule has 0 amide bonds. The van der Waals surface area contributed by atoms with Gasteiger partial charge in [-0.05, 0) is 104 Å². The zero-order valence-corrected chi connectivity index (χ0v) is 41.2. The Hall–Kier alpha value is -8.64. The molecule has 13 rings (SSSR count). The minimum absolute atomic E-state index is 0. The number of ether oxygens (including phenoxy) is 6. The van der Waals surface area contributed by atoms with Gasteiger partial charge in [0, 0.05) is 11.1 Å². The van der Waals surface area contributed by atoms with Crippen LogP contribution in [0.2, 0.25) is 0 Å². The van der Waals surface area contributed by atoms with Gasteiger partial charge in [-0.2, -0.15) is 0 Å². The van der Waals surface area contributed by atoms with Gasteiger partial charge < -0.3 is 38.4 Å². The van der Waals surface area contributed by atoms with Gasteiger partial charge in [0.2, 0.25) is 11.5 Å². The summed E-state index contributed by atoms with van der Waals surface area (Å²) in [4.78, 5) is 53.6. The molecule has 8 bridgehead atoms. The van der Waals surface area contributed by atoms with Crippen molar-refractivity contribution in [2.75, 3.05) is 42.7 Å². The van der Waals surface area contributed by atoms with Gasteiger partial charge >= 0.3 is 17.1 Å². The number of rotatable bonds is 8. The molecular formula is C60H42CuN4O8. The summed E-state index contributed by atoms with van der Waals surface area (Å²) in [5.41, 5.74) is 6.02. The molecule has 2 atom stereocenters. The number of Topliss-reactive ketones (excluding diaryl/α,β-unsaturated/α-hetero) is 2. The number of hydrogen-bond donors (Lipinski definition) is 0. The summed E-state index contributed by atoms with van der Waals surface area (Å²) in [5, 5.41) is 3.52. The van der Waals surface area contributed by atoms with Crippen molar-refractivity contribution in [3.05, 3.63) is 213 Å². The normalized spacial score (nSPS) is 20.8. The van der Waals surface area contributed by atoms with Crippen LogP contribution < -0.4 is 38.4 Å². The third kappa shape index (κ3) is 6.00. The second-order valence-corrected chi connectivity index (χ2v) is 18.0. The van der Waals surface area contributed by atoms with E-state index in [4.69, 9.17) is 48.4 Å². The van der Waals surface area contributed by atoms with Gasteiger partial charge in [-0.1, -0.05) is 97.1 Å².